The summed E-state index contributed by atoms with van der Waals surface area (Å²) in [5.41, 5.74) is -2.06. The van der Waals surface area contributed by atoms with Crippen LogP contribution in [-0.4, -0.2) is 18.3 Å². The van der Waals surface area contributed by atoms with Crippen LogP contribution in [0.15, 0.2) is 12.1 Å². The molecular weight excluding hydrogens is 221 g/mol. The van der Waals surface area contributed by atoms with Crippen LogP contribution in [0.25, 0.3) is 0 Å². The highest BCUT2D eigenvalue weighted by Crippen LogP contribution is 2.35. The van der Waals surface area contributed by atoms with Gasteiger partial charge in [0.25, 0.3) is 0 Å². The van der Waals surface area contributed by atoms with Crippen LogP contribution in [0.5, 0.6) is 0 Å². The van der Waals surface area contributed by atoms with Gasteiger partial charge in [-0.1, -0.05) is 0 Å². The van der Waals surface area contributed by atoms with Crippen LogP contribution in [0.4, 0.5) is 13.2 Å². The lowest BCUT2D eigenvalue weighted by Crippen LogP contribution is -2.35. The first-order valence-electron chi connectivity index (χ1n) is 4.98. The van der Waals surface area contributed by atoms with Gasteiger partial charge in [-0.3, -0.25) is 0 Å². The maximum Gasteiger partial charge on any atom is 0.135 e. The summed E-state index contributed by atoms with van der Waals surface area (Å²) in [6, 6.07) is 1.15. The van der Waals surface area contributed by atoms with E-state index >= 15 is 0 Å². The molecule has 0 unspecified atom stereocenters. The van der Waals surface area contributed by atoms with Crippen molar-refractivity contribution in [3.63, 3.8) is 0 Å². The van der Waals surface area contributed by atoms with Crippen LogP contribution >= 0.6 is 0 Å². The van der Waals surface area contributed by atoms with Crippen molar-refractivity contribution in [2.24, 2.45) is 0 Å². The highest BCUT2D eigenvalue weighted by molar-refractivity contribution is 5.27. The van der Waals surface area contributed by atoms with Gasteiger partial charge in [-0.25, -0.2) is 13.2 Å². The molecule has 2 nitrogen and oxygen atoms in total. The molecule has 0 spiro atoms. The second kappa shape index (κ2) is 4.07. The molecule has 1 N–H and O–H groups in total. The first-order chi connectivity index (χ1) is 7.53. The molecule has 1 heterocycles. The third kappa shape index (κ3) is 1.92. The van der Waals surface area contributed by atoms with E-state index in [0.29, 0.717) is 12.1 Å². The summed E-state index contributed by atoms with van der Waals surface area (Å²) in [5, 5.41) is 10.1. The van der Waals surface area contributed by atoms with Gasteiger partial charge < -0.3 is 9.84 Å². The normalized spacial score (nSPS) is 19.8. The average molecular weight is 232 g/mol. The molecule has 0 bridgehead atoms. The van der Waals surface area contributed by atoms with Gasteiger partial charge in [-0.2, -0.15) is 0 Å². The van der Waals surface area contributed by atoms with E-state index in [1.54, 1.807) is 0 Å². The lowest BCUT2D eigenvalue weighted by Gasteiger charge is -2.32. The van der Waals surface area contributed by atoms with E-state index in [9.17, 15) is 18.3 Å². The smallest absolute Gasteiger partial charge is 0.135 e. The van der Waals surface area contributed by atoms with Gasteiger partial charge in [0.2, 0.25) is 0 Å². The molecule has 0 saturated carbocycles. The fourth-order valence-corrected chi connectivity index (χ4v) is 1.95. The Morgan fingerprint density at radius 2 is 1.56 bits per heavy atom. The molecule has 1 saturated heterocycles. The monoisotopic (exact) mass is 232 g/mol. The van der Waals surface area contributed by atoms with Crippen molar-refractivity contribution < 1.29 is 23.0 Å². The highest BCUT2D eigenvalue weighted by Gasteiger charge is 2.37. The van der Waals surface area contributed by atoms with E-state index in [-0.39, 0.29) is 26.1 Å². The summed E-state index contributed by atoms with van der Waals surface area (Å²) in [6.45, 7) is 0.458. The molecule has 88 valence electrons. The molecule has 0 atom stereocenters. The highest BCUT2D eigenvalue weighted by atomic mass is 19.1. The molecule has 5 heteroatoms. The number of halogens is 3. The second-order valence-corrected chi connectivity index (χ2v) is 3.89. The minimum atomic E-state index is -1.60. The Hall–Kier alpha value is -1.07. The molecule has 0 radical (unpaired) electrons. The standard InChI is InChI=1S/C11H11F3O2/c12-7-5-8(13)10(9(14)6-7)11(15)1-3-16-4-2-11/h5-6,15H,1-4H2. The second-order valence-electron chi connectivity index (χ2n) is 3.89. The molecule has 1 fully saturated rings. The van der Waals surface area contributed by atoms with Crippen molar-refractivity contribution in [3.05, 3.63) is 35.1 Å². The number of rotatable bonds is 1. The van der Waals surface area contributed by atoms with E-state index in [2.05, 4.69) is 0 Å². The van der Waals surface area contributed by atoms with E-state index in [4.69, 9.17) is 4.74 Å². The van der Waals surface area contributed by atoms with Crippen molar-refractivity contribution in [1.82, 2.24) is 0 Å². The third-order valence-electron chi connectivity index (χ3n) is 2.79. The Kier molecular flexibility index (Phi) is 2.90. The Balaban J connectivity index is 2.46. The zero-order valence-electron chi connectivity index (χ0n) is 8.47. The number of benzene rings is 1. The maximum absolute atomic E-state index is 13.5. The van der Waals surface area contributed by atoms with Crippen molar-refractivity contribution in [1.29, 1.82) is 0 Å². The summed E-state index contributed by atoms with van der Waals surface area (Å²) < 4.78 is 44.6. The summed E-state index contributed by atoms with van der Waals surface area (Å²) in [5.74, 6) is -3.10. The number of hydrogen-bond donors (Lipinski definition) is 1. The third-order valence-corrected chi connectivity index (χ3v) is 2.79. The Morgan fingerprint density at radius 1 is 1.06 bits per heavy atom. The number of aliphatic hydroxyl groups is 1. The van der Waals surface area contributed by atoms with Crippen LogP contribution in [0.1, 0.15) is 18.4 Å². The minimum absolute atomic E-state index is 0.104. The van der Waals surface area contributed by atoms with Gasteiger partial charge in [-0.15, -0.1) is 0 Å². The molecule has 1 aliphatic heterocycles. The molecule has 1 aromatic carbocycles. The zero-order chi connectivity index (χ0) is 11.8. The van der Waals surface area contributed by atoms with Crippen molar-refractivity contribution in [2.75, 3.05) is 13.2 Å². The van der Waals surface area contributed by atoms with E-state index in [0.717, 1.165) is 0 Å². The van der Waals surface area contributed by atoms with Crippen molar-refractivity contribution >= 4 is 0 Å². The van der Waals surface area contributed by atoms with Gasteiger partial charge in [0.1, 0.15) is 17.5 Å². The molecular formula is C11H11F3O2. The molecule has 0 aromatic heterocycles. The first kappa shape index (κ1) is 11.4. The Labute approximate surface area is 90.7 Å². The van der Waals surface area contributed by atoms with Crippen molar-refractivity contribution in [3.8, 4) is 0 Å². The Bertz CT molecular complexity index is 377. The van der Waals surface area contributed by atoms with Crippen LogP contribution < -0.4 is 0 Å². The summed E-state index contributed by atoms with van der Waals surface area (Å²) >= 11 is 0. The molecule has 1 aliphatic rings. The fraction of sp³-hybridized carbons (Fsp3) is 0.455. The lowest BCUT2D eigenvalue weighted by atomic mass is 9.85. The summed E-state index contributed by atoms with van der Waals surface area (Å²) in [6.07, 6.45) is 0.207. The largest absolute Gasteiger partial charge is 0.385 e. The first-order valence-corrected chi connectivity index (χ1v) is 4.98. The SMILES string of the molecule is OC1(c2c(F)cc(F)cc2F)CCOCC1. The van der Waals surface area contributed by atoms with Gasteiger partial charge in [0.15, 0.2) is 0 Å². The Morgan fingerprint density at radius 3 is 2.06 bits per heavy atom. The van der Waals surface area contributed by atoms with E-state index < -0.39 is 28.6 Å². The van der Waals surface area contributed by atoms with E-state index in [1.807, 2.05) is 0 Å². The van der Waals surface area contributed by atoms with Crippen molar-refractivity contribution in [2.45, 2.75) is 18.4 Å². The molecule has 1 aromatic rings. The predicted molar refractivity (Wildman–Crippen MR) is 50.3 cm³/mol. The van der Waals surface area contributed by atoms with Gasteiger partial charge >= 0.3 is 0 Å². The zero-order valence-corrected chi connectivity index (χ0v) is 8.47. The van der Waals surface area contributed by atoms with Gasteiger partial charge in [0.05, 0.1) is 11.2 Å². The van der Waals surface area contributed by atoms with Crippen LogP contribution in [0, 0.1) is 17.5 Å². The summed E-state index contributed by atoms with van der Waals surface area (Å²) in [4.78, 5) is 0. The van der Waals surface area contributed by atoms with Crippen LogP contribution in [0.2, 0.25) is 0 Å². The topological polar surface area (TPSA) is 29.5 Å². The average Bonchev–Trinajstić information content (AvgIpc) is 2.16. The number of hydrogen-bond acceptors (Lipinski definition) is 2. The lowest BCUT2D eigenvalue weighted by molar-refractivity contribution is -0.0718. The number of ether oxygens (including phenoxy) is 1. The maximum atomic E-state index is 13.5. The fourth-order valence-electron chi connectivity index (χ4n) is 1.95. The van der Waals surface area contributed by atoms with Crippen LogP contribution in [0.3, 0.4) is 0 Å². The van der Waals surface area contributed by atoms with Gasteiger partial charge in [-0.05, 0) is 0 Å². The molecule has 2 rings (SSSR count). The summed E-state index contributed by atoms with van der Waals surface area (Å²) in [7, 11) is 0. The minimum Gasteiger partial charge on any atom is -0.385 e. The van der Waals surface area contributed by atoms with Gasteiger partial charge in [0, 0.05) is 38.2 Å². The molecule has 16 heavy (non-hydrogen) atoms. The molecule has 0 aliphatic carbocycles. The molecule has 0 amide bonds. The van der Waals surface area contributed by atoms with E-state index in [1.165, 1.54) is 0 Å². The predicted octanol–water partition coefficient (Wildman–Crippen LogP) is 2.10. The van der Waals surface area contributed by atoms with Crippen LogP contribution in [-0.2, 0) is 10.3 Å². The quantitative estimate of drug-likeness (QED) is 0.803.